The molecule has 0 radical (unpaired) electrons. The lowest BCUT2D eigenvalue weighted by atomic mass is 9.75. The smallest absolute Gasteiger partial charge is 0.139 e. The van der Waals surface area contributed by atoms with E-state index in [0.29, 0.717) is 5.78 Å². The molecular formula is C22H26O. The Morgan fingerprint density at radius 3 is 1.74 bits per heavy atom. The van der Waals surface area contributed by atoms with Crippen LogP contribution in [-0.2, 0) is 17.6 Å². The largest absolute Gasteiger partial charge is 0.299 e. The molecule has 0 aromatic heterocycles. The molecule has 0 heterocycles. The highest BCUT2D eigenvalue weighted by atomic mass is 16.1. The minimum Gasteiger partial charge on any atom is -0.299 e. The molecule has 0 amide bonds. The number of hydrogen-bond donors (Lipinski definition) is 0. The molecule has 2 aromatic carbocycles. The van der Waals surface area contributed by atoms with E-state index in [9.17, 15) is 4.79 Å². The first-order chi connectivity index (χ1) is 11.1. The van der Waals surface area contributed by atoms with Crippen molar-refractivity contribution in [1.82, 2.24) is 0 Å². The molecule has 23 heavy (non-hydrogen) atoms. The van der Waals surface area contributed by atoms with Crippen LogP contribution in [-0.4, -0.2) is 5.78 Å². The maximum atomic E-state index is 12.9. The molecule has 1 fully saturated rings. The standard InChI is InChI=1S/C22H26O/c1-16-6-3-8-18(12-16)14-20-10-5-11-21(22(20)23)15-19-9-4-7-17(2)13-19/h3-4,6-9,12-13,20-21H,5,10-11,14-15H2,1-2H3/t20-,21-/m0/s1. The van der Waals surface area contributed by atoms with E-state index < -0.39 is 0 Å². The van der Waals surface area contributed by atoms with Gasteiger partial charge in [-0.2, -0.15) is 0 Å². The third-order valence-corrected chi connectivity index (χ3v) is 5.04. The van der Waals surface area contributed by atoms with Gasteiger partial charge in [-0.3, -0.25) is 4.79 Å². The lowest BCUT2D eigenvalue weighted by molar-refractivity contribution is -0.129. The first-order valence-electron chi connectivity index (χ1n) is 8.76. The number of rotatable bonds is 4. The minimum atomic E-state index is 0.209. The van der Waals surface area contributed by atoms with Crippen LogP contribution in [0.25, 0.3) is 0 Å². The maximum absolute atomic E-state index is 12.9. The molecule has 0 unspecified atom stereocenters. The van der Waals surface area contributed by atoms with Crippen LogP contribution in [0.4, 0.5) is 0 Å². The van der Waals surface area contributed by atoms with Gasteiger partial charge in [0.2, 0.25) is 0 Å². The van der Waals surface area contributed by atoms with Crippen LogP contribution in [0, 0.1) is 25.7 Å². The topological polar surface area (TPSA) is 17.1 Å². The van der Waals surface area contributed by atoms with Crippen molar-refractivity contribution in [1.29, 1.82) is 0 Å². The first-order valence-corrected chi connectivity index (χ1v) is 8.76. The van der Waals surface area contributed by atoms with E-state index in [1.54, 1.807) is 0 Å². The van der Waals surface area contributed by atoms with E-state index in [2.05, 4.69) is 62.4 Å². The normalized spacial score (nSPS) is 21.4. The number of Topliss-reactive ketones (excluding diaryl/α,β-unsaturated/α-hetero) is 1. The second-order valence-electron chi connectivity index (χ2n) is 7.11. The summed E-state index contributed by atoms with van der Waals surface area (Å²) in [5.74, 6) is 0.903. The molecular weight excluding hydrogens is 280 g/mol. The van der Waals surface area contributed by atoms with Gasteiger partial charge in [0.15, 0.2) is 0 Å². The van der Waals surface area contributed by atoms with Crippen LogP contribution >= 0.6 is 0 Å². The van der Waals surface area contributed by atoms with Crippen molar-refractivity contribution in [3.05, 3.63) is 70.8 Å². The molecule has 1 aliphatic rings. The van der Waals surface area contributed by atoms with Crippen molar-refractivity contribution in [3.63, 3.8) is 0 Å². The van der Waals surface area contributed by atoms with Crippen molar-refractivity contribution >= 4 is 5.78 Å². The van der Waals surface area contributed by atoms with Gasteiger partial charge in [-0.25, -0.2) is 0 Å². The molecule has 1 aliphatic carbocycles. The lowest BCUT2D eigenvalue weighted by Gasteiger charge is -2.28. The summed E-state index contributed by atoms with van der Waals surface area (Å²) in [6.07, 6.45) is 5.10. The number of carbonyl (C=O) groups excluding carboxylic acids is 1. The second kappa shape index (κ2) is 7.12. The maximum Gasteiger partial charge on any atom is 0.139 e. The summed E-state index contributed by atoms with van der Waals surface area (Å²) in [6.45, 7) is 4.24. The molecule has 2 atom stereocenters. The average molecular weight is 306 g/mol. The van der Waals surface area contributed by atoms with Gasteiger partial charge in [0.05, 0.1) is 0 Å². The fourth-order valence-corrected chi connectivity index (χ4v) is 3.88. The van der Waals surface area contributed by atoms with E-state index in [0.717, 1.165) is 25.7 Å². The Hall–Kier alpha value is -1.89. The monoisotopic (exact) mass is 306 g/mol. The van der Waals surface area contributed by atoms with Crippen molar-refractivity contribution in [2.24, 2.45) is 11.8 Å². The fourth-order valence-electron chi connectivity index (χ4n) is 3.88. The fraction of sp³-hybridized carbons (Fsp3) is 0.409. The highest BCUT2D eigenvalue weighted by Crippen LogP contribution is 2.31. The summed E-state index contributed by atoms with van der Waals surface area (Å²) < 4.78 is 0. The highest BCUT2D eigenvalue weighted by molar-refractivity contribution is 5.84. The Morgan fingerprint density at radius 1 is 0.826 bits per heavy atom. The zero-order valence-electron chi connectivity index (χ0n) is 14.2. The predicted molar refractivity (Wildman–Crippen MR) is 95.6 cm³/mol. The Bertz CT molecular complexity index is 628. The third-order valence-electron chi connectivity index (χ3n) is 5.04. The van der Waals surface area contributed by atoms with Crippen LogP contribution in [0.15, 0.2) is 48.5 Å². The Morgan fingerprint density at radius 2 is 1.30 bits per heavy atom. The van der Waals surface area contributed by atoms with E-state index in [4.69, 9.17) is 0 Å². The minimum absolute atomic E-state index is 0.209. The SMILES string of the molecule is Cc1cccc(C[C@@H]2CCC[C@@H](Cc3cccc(C)c3)C2=O)c1. The zero-order valence-corrected chi connectivity index (χ0v) is 14.2. The lowest BCUT2D eigenvalue weighted by Crippen LogP contribution is -2.31. The number of benzene rings is 2. The van der Waals surface area contributed by atoms with E-state index in [-0.39, 0.29) is 11.8 Å². The molecule has 0 saturated heterocycles. The summed E-state index contributed by atoms with van der Waals surface area (Å²) in [5.41, 5.74) is 5.17. The van der Waals surface area contributed by atoms with Gasteiger partial charge in [0.25, 0.3) is 0 Å². The molecule has 120 valence electrons. The predicted octanol–water partition coefficient (Wildman–Crippen LogP) is 5.07. The molecule has 2 aromatic rings. The van der Waals surface area contributed by atoms with Crippen molar-refractivity contribution in [2.45, 2.75) is 46.0 Å². The average Bonchev–Trinajstić information content (AvgIpc) is 2.51. The molecule has 1 heteroatoms. The van der Waals surface area contributed by atoms with Gasteiger partial charge in [-0.15, -0.1) is 0 Å². The van der Waals surface area contributed by atoms with Crippen LogP contribution in [0.3, 0.4) is 0 Å². The first kappa shape index (κ1) is 16.0. The Kier molecular flexibility index (Phi) is 4.95. The van der Waals surface area contributed by atoms with E-state index >= 15 is 0 Å². The van der Waals surface area contributed by atoms with Crippen molar-refractivity contribution in [2.75, 3.05) is 0 Å². The third kappa shape index (κ3) is 4.10. The zero-order chi connectivity index (χ0) is 16.2. The Labute approximate surface area is 139 Å². The summed E-state index contributed by atoms with van der Waals surface area (Å²) in [4.78, 5) is 12.9. The van der Waals surface area contributed by atoms with Crippen LogP contribution in [0.1, 0.15) is 41.5 Å². The second-order valence-corrected chi connectivity index (χ2v) is 7.11. The van der Waals surface area contributed by atoms with Crippen LogP contribution < -0.4 is 0 Å². The highest BCUT2D eigenvalue weighted by Gasteiger charge is 2.31. The molecule has 0 bridgehead atoms. The molecule has 1 nitrogen and oxygen atoms in total. The van der Waals surface area contributed by atoms with E-state index in [1.807, 2.05) is 0 Å². The van der Waals surface area contributed by atoms with Gasteiger partial charge < -0.3 is 0 Å². The summed E-state index contributed by atoms with van der Waals surface area (Å²) in [5, 5.41) is 0. The molecule has 0 aliphatic heterocycles. The van der Waals surface area contributed by atoms with Gasteiger partial charge in [-0.05, 0) is 50.7 Å². The van der Waals surface area contributed by atoms with Gasteiger partial charge >= 0.3 is 0 Å². The van der Waals surface area contributed by atoms with Crippen molar-refractivity contribution < 1.29 is 4.79 Å². The molecule has 1 saturated carbocycles. The Balaban J connectivity index is 1.68. The van der Waals surface area contributed by atoms with Crippen LogP contribution in [0.5, 0.6) is 0 Å². The quantitative estimate of drug-likeness (QED) is 0.770. The van der Waals surface area contributed by atoms with E-state index in [1.165, 1.54) is 28.7 Å². The van der Waals surface area contributed by atoms with Crippen LogP contribution in [0.2, 0.25) is 0 Å². The van der Waals surface area contributed by atoms with Crippen molar-refractivity contribution in [3.8, 4) is 0 Å². The van der Waals surface area contributed by atoms with Gasteiger partial charge in [0.1, 0.15) is 5.78 Å². The summed E-state index contributed by atoms with van der Waals surface area (Å²) in [6, 6.07) is 17.2. The molecule has 0 spiro atoms. The molecule has 0 N–H and O–H groups in total. The summed E-state index contributed by atoms with van der Waals surface area (Å²) in [7, 11) is 0. The number of carbonyl (C=O) groups is 1. The number of aryl methyl sites for hydroxylation is 2. The number of hydrogen-bond acceptors (Lipinski definition) is 1. The number of ketones is 1. The van der Waals surface area contributed by atoms with Gasteiger partial charge in [-0.1, -0.05) is 66.1 Å². The molecule has 3 rings (SSSR count). The van der Waals surface area contributed by atoms with Gasteiger partial charge in [0, 0.05) is 11.8 Å². The summed E-state index contributed by atoms with van der Waals surface area (Å²) >= 11 is 0.